The third kappa shape index (κ3) is 4.42. The van der Waals surface area contributed by atoms with E-state index in [1.807, 2.05) is 6.07 Å². The van der Waals surface area contributed by atoms with Crippen LogP contribution in [0, 0.1) is 17.7 Å². The fourth-order valence-corrected chi connectivity index (χ4v) is 2.61. The highest BCUT2D eigenvalue weighted by Crippen LogP contribution is 2.24. The van der Waals surface area contributed by atoms with Crippen molar-refractivity contribution in [2.75, 3.05) is 5.88 Å². The second kappa shape index (κ2) is 6.61. The molecule has 0 N–H and O–H groups in total. The Morgan fingerprint density at radius 1 is 1.38 bits per heavy atom. The Labute approximate surface area is 110 Å². The highest BCUT2D eigenvalue weighted by Gasteiger charge is 2.12. The molecule has 0 nitrogen and oxygen atoms in total. The lowest BCUT2D eigenvalue weighted by atomic mass is 9.92. The zero-order valence-electron chi connectivity index (χ0n) is 9.64. The van der Waals surface area contributed by atoms with Crippen molar-refractivity contribution in [3.8, 4) is 0 Å². The summed E-state index contributed by atoms with van der Waals surface area (Å²) >= 11 is 9.34. The van der Waals surface area contributed by atoms with Gasteiger partial charge in [0.2, 0.25) is 0 Å². The second-order valence-electron chi connectivity index (χ2n) is 4.59. The predicted molar refractivity (Wildman–Crippen MR) is 71.5 cm³/mol. The van der Waals surface area contributed by atoms with Crippen molar-refractivity contribution in [2.24, 2.45) is 11.8 Å². The SMILES string of the molecule is CC(C)CC(CCl)Cc1ccc(F)cc1Br. The number of rotatable bonds is 5. The van der Waals surface area contributed by atoms with Crippen molar-refractivity contribution in [1.82, 2.24) is 0 Å². The highest BCUT2D eigenvalue weighted by molar-refractivity contribution is 9.10. The minimum Gasteiger partial charge on any atom is -0.207 e. The van der Waals surface area contributed by atoms with Gasteiger partial charge < -0.3 is 0 Å². The lowest BCUT2D eigenvalue weighted by Crippen LogP contribution is -2.10. The second-order valence-corrected chi connectivity index (χ2v) is 5.75. The molecular weight excluding hydrogens is 290 g/mol. The van der Waals surface area contributed by atoms with Crippen LogP contribution in [-0.4, -0.2) is 5.88 Å². The number of halogens is 3. The van der Waals surface area contributed by atoms with Gasteiger partial charge in [0.25, 0.3) is 0 Å². The molecule has 0 aliphatic heterocycles. The van der Waals surface area contributed by atoms with Gasteiger partial charge in [0.1, 0.15) is 5.82 Å². The summed E-state index contributed by atoms with van der Waals surface area (Å²) in [6, 6.07) is 4.84. The Bertz CT molecular complexity index is 339. The molecule has 3 heteroatoms. The maximum absolute atomic E-state index is 12.9. The topological polar surface area (TPSA) is 0 Å². The van der Waals surface area contributed by atoms with Crippen LogP contribution in [0.4, 0.5) is 4.39 Å². The molecule has 0 aliphatic rings. The fourth-order valence-electron chi connectivity index (χ4n) is 1.87. The monoisotopic (exact) mass is 306 g/mol. The molecule has 0 aliphatic carbocycles. The lowest BCUT2D eigenvalue weighted by molar-refractivity contribution is 0.440. The molecule has 0 bridgehead atoms. The normalized spacial score (nSPS) is 13.1. The maximum atomic E-state index is 12.9. The first-order valence-electron chi connectivity index (χ1n) is 5.52. The van der Waals surface area contributed by atoms with E-state index < -0.39 is 0 Å². The van der Waals surface area contributed by atoms with Crippen LogP contribution >= 0.6 is 27.5 Å². The fraction of sp³-hybridized carbons (Fsp3) is 0.538. The van der Waals surface area contributed by atoms with E-state index in [1.54, 1.807) is 0 Å². The third-order valence-corrected chi connectivity index (χ3v) is 3.72. The molecule has 0 radical (unpaired) electrons. The summed E-state index contributed by atoms with van der Waals surface area (Å²) in [6.07, 6.45) is 2.01. The number of hydrogen-bond acceptors (Lipinski definition) is 0. The first kappa shape index (κ1) is 14.0. The van der Waals surface area contributed by atoms with E-state index in [2.05, 4.69) is 29.8 Å². The van der Waals surface area contributed by atoms with Gasteiger partial charge in [-0.05, 0) is 42.4 Å². The van der Waals surface area contributed by atoms with Gasteiger partial charge in [0.15, 0.2) is 0 Å². The van der Waals surface area contributed by atoms with Crippen molar-refractivity contribution in [3.05, 3.63) is 34.1 Å². The van der Waals surface area contributed by atoms with E-state index in [4.69, 9.17) is 11.6 Å². The van der Waals surface area contributed by atoms with Crippen LogP contribution in [0.25, 0.3) is 0 Å². The molecule has 1 rings (SSSR count). The average Bonchev–Trinajstić information content (AvgIpc) is 2.20. The Morgan fingerprint density at radius 2 is 2.06 bits per heavy atom. The van der Waals surface area contributed by atoms with Crippen molar-refractivity contribution < 1.29 is 4.39 Å². The third-order valence-electron chi connectivity index (χ3n) is 2.55. The Balaban J connectivity index is 2.70. The first-order chi connectivity index (χ1) is 7.52. The van der Waals surface area contributed by atoms with Gasteiger partial charge in [-0.15, -0.1) is 11.6 Å². The molecule has 90 valence electrons. The first-order valence-corrected chi connectivity index (χ1v) is 6.85. The van der Waals surface area contributed by atoms with E-state index >= 15 is 0 Å². The van der Waals surface area contributed by atoms with E-state index in [0.29, 0.717) is 17.7 Å². The number of benzene rings is 1. The summed E-state index contributed by atoms with van der Waals surface area (Å²) in [4.78, 5) is 0. The summed E-state index contributed by atoms with van der Waals surface area (Å²) in [6.45, 7) is 4.39. The maximum Gasteiger partial charge on any atom is 0.124 e. The molecular formula is C13H17BrClF. The molecule has 0 saturated heterocycles. The molecule has 1 aromatic rings. The zero-order chi connectivity index (χ0) is 12.1. The summed E-state index contributed by atoms with van der Waals surface area (Å²) in [5, 5.41) is 0. The van der Waals surface area contributed by atoms with Gasteiger partial charge in [0.05, 0.1) is 0 Å². The molecule has 16 heavy (non-hydrogen) atoms. The van der Waals surface area contributed by atoms with Crippen molar-refractivity contribution in [2.45, 2.75) is 26.7 Å². The summed E-state index contributed by atoms with van der Waals surface area (Å²) < 4.78 is 13.8. The average molecular weight is 308 g/mol. The smallest absolute Gasteiger partial charge is 0.124 e. The van der Waals surface area contributed by atoms with Crippen LogP contribution < -0.4 is 0 Å². The van der Waals surface area contributed by atoms with Crippen molar-refractivity contribution >= 4 is 27.5 Å². The molecule has 0 saturated carbocycles. The van der Waals surface area contributed by atoms with Gasteiger partial charge in [-0.25, -0.2) is 4.39 Å². The minimum absolute atomic E-state index is 0.207. The summed E-state index contributed by atoms with van der Waals surface area (Å²) in [5.74, 6) is 1.55. The molecule has 1 aromatic carbocycles. The molecule has 0 amide bonds. The van der Waals surface area contributed by atoms with Gasteiger partial charge >= 0.3 is 0 Å². The Morgan fingerprint density at radius 3 is 2.56 bits per heavy atom. The number of alkyl halides is 1. The molecule has 0 spiro atoms. The van der Waals surface area contributed by atoms with Crippen molar-refractivity contribution in [1.29, 1.82) is 0 Å². The Kier molecular flexibility index (Phi) is 5.77. The summed E-state index contributed by atoms with van der Waals surface area (Å²) in [7, 11) is 0. The molecule has 1 atom stereocenters. The summed E-state index contributed by atoms with van der Waals surface area (Å²) in [5.41, 5.74) is 1.13. The van der Waals surface area contributed by atoms with Crippen LogP contribution in [-0.2, 0) is 6.42 Å². The minimum atomic E-state index is -0.207. The van der Waals surface area contributed by atoms with Gasteiger partial charge in [-0.2, -0.15) is 0 Å². The quantitative estimate of drug-likeness (QED) is 0.669. The van der Waals surface area contributed by atoms with E-state index in [1.165, 1.54) is 12.1 Å². The highest BCUT2D eigenvalue weighted by atomic mass is 79.9. The van der Waals surface area contributed by atoms with Gasteiger partial charge in [-0.1, -0.05) is 35.8 Å². The largest absolute Gasteiger partial charge is 0.207 e. The molecule has 0 heterocycles. The Hall–Kier alpha value is -0.0800. The van der Waals surface area contributed by atoms with Gasteiger partial charge in [0, 0.05) is 10.4 Å². The lowest BCUT2D eigenvalue weighted by Gasteiger charge is -2.17. The molecule has 0 aromatic heterocycles. The predicted octanol–water partition coefficient (Wildman–Crippen LogP) is 5.03. The van der Waals surface area contributed by atoms with Crippen LogP contribution in [0.3, 0.4) is 0 Å². The van der Waals surface area contributed by atoms with Crippen LogP contribution in [0.1, 0.15) is 25.8 Å². The standard InChI is InChI=1S/C13H17BrClF/c1-9(2)5-10(8-15)6-11-3-4-12(16)7-13(11)14/h3-4,7,9-10H,5-6,8H2,1-2H3. The van der Waals surface area contributed by atoms with Crippen LogP contribution in [0.5, 0.6) is 0 Å². The van der Waals surface area contributed by atoms with Gasteiger partial charge in [-0.3, -0.25) is 0 Å². The van der Waals surface area contributed by atoms with E-state index in [9.17, 15) is 4.39 Å². The zero-order valence-corrected chi connectivity index (χ0v) is 12.0. The van der Waals surface area contributed by atoms with E-state index in [0.717, 1.165) is 22.9 Å². The van der Waals surface area contributed by atoms with Crippen LogP contribution in [0.2, 0.25) is 0 Å². The van der Waals surface area contributed by atoms with Crippen LogP contribution in [0.15, 0.2) is 22.7 Å². The van der Waals surface area contributed by atoms with Crippen molar-refractivity contribution in [3.63, 3.8) is 0 Å². The number of hydrogen-bond donors (Lipinski definition) is 0. The molecule has 1 unspecified atom stereocenters. The molecule has 0 fully saturated rings. The van der Waals surface area contributed by atoms with E-state index in [-0.39, 0.29) is 5.82 Å².